The van der Waals surface area contributed by atoms with E-state index < -0.39 is 6.10 Å². The second-order valence-corrected chi connectivity index (χ2v) is 5.37. The van der Waals surface area contributed by atoms with Crippen molar-refractivity contribution in [1.29, 1.82) is 5.26 Å². The third-order valence-electron chi connectivity index (χ3n) is 3.53. The van der Waals surface area contributed by atoms with Gasteiger partial charge in [0, 0.05) is 17.7 Å². The van der Waals surface area contributed by atoms with Crippen molar-refractivity contribution in [3.05, 3.63) is 41.6 Å². The van der Waals surface area contributed by atoms with Gasteiger partial charge < -0.3 is 10.1 Å². The maximum atomic E-state index is 12.1. The number of H-pyrrole nitrogens is 1. The first-order valence-electron chi connectivity index (χ1n) is 7.18. The van der Waals surface area contributed by atoms with Crippen LogP contribution in [0.15, 0.2) is 30.3 Å². The molecule has 1 aliphatic rings. The van der Waals surface area contributed by atoms with E-state index in [0.29, 0.717) is 23.0 Å². The van der Waals surface area contributed by atoms with Crippen LogP contribution >= 0.6 is 0 Å². The Hall–Kier alpha value is -2.81. The van der Waals surface area contributed by atoms with Crippen molar-refractivity contribution in [2.45, 2.75) is 31.8 Å². The van der Waals surface area contributed by atoms with Crippen LogP contribution in [0.5, 0.6) is 5.75 Å². The molecule has 0 unspecified atom stereocenters. The molecular formula is C16H16N4O2. The van der Waals surface area contributed by atoms with Crippen LogP contribution in [0.2, 0.25) is 0 Å². The summed E-state index contributed by atoms with van der Waals surface area (Å²) in [5.41, 5.74) is 1.62. The topological polar surface area (TPSA) is 90.8 Å². The Kier molecular flexibility index (Phi) is 3.79. The molecule has 1 aliphatic carbocycles. The van der Waals surface area contributed by atoms with Gasteiger partial charge in [-0.25, -0.2) is 0 Å². The summed E-state index contributed by atoms with van der Waals surface area (Å²) in [7, 11) is 0. The van der Waals surface area contributed by atoms with Crippen LogP contribution in [-0.2, 0) is 4.79 Å². The van der Waals surface area contributed by atoms with Crippen LogP contribution < -0.4 is 10.1 Å². The molecule has 0 aliphatic heterocycles. The minimum Gasteiger partial charge on any atom is -0.481 e. The number of aromatic amines is 1. The number of aromatic nitrogens is 2. The van der Waals surface area contributed by atoms with Gasteiger partial charge in [0.1, 0.15) is 5.75 Å². The molecule has 0 spiro atoms. The van der Waals surface area contributed by atoms with Gasteiger partial charge in [0.2, 0.25) is 0 Å². The number of amides is 1. The SMILES string of the molecule is C[C@H](Oc1ccc(C#N)cc1)C(=O)Nc1cc(C2CC2)[nH]n1. The predicted molar refractivity (Wildman–Crippen MR) is 80.4 cm³/mol. The Labute approximate surface area is 128 Å². The number of rotatable bonds is 5. The number of ether oxygens (including phenoxy) is 1. The monoisotopic (exact) mass is 296 g/mol. The Morgan fingerprint density at radius 3 is 2.82 bits per heavy atom. The molecule has 1 amide bonds. The van der Waals surface area contributed by atoms with E-state index in [2.05, 4.69) is 15.5 Å². The maximum absolute atomic E-state index is 12.1. The summed E-state index contributed by atoms with van der Waals surface area (Å²) in [6.07, 6.45) is 1.69. The molecule has 0 saturated heterocycles. The molecule has 0 radical (unpaired) electrons. The van der Waals surface area contributed by atoms with Crippen molar-refractivity contribution in [3.63, 3.8) is 0 Å². The summed E-state index contributed by atoms with van der Waals surface area (Å²) < 4.78 is 5.55. The molecule has 2 aromatic rings. The first-order chi connectivity index (χ1) is 10.7. The second kappa shape index (κ2) is 5.90. The summed E-state index contributed by atoms with van der Waals surface area (Å²) in [4.78, 5) is 12.1. The van der Waals surface area contributed by atoms with Gasteiger partial charge in [-0.1, -0.05) is 0 Å². The third kappa shape index (κ3) is 3.26. The highest BCUT2D eigenvalue weighted by Gasteiger charge is 2.26. The molecule has 1 fully saturated rings. The Morgan fingerprint density at radius 1 is 1.45 bits per heavy atom. The van der Waals surface area contributed by atoms with Crippen LogP contribution in [0.3, 0.4) is 0 Å². The Morgan fingerprint density at radius 2 is 2.18 bits per heavy atom. The smallest absolute Gasteiger partial charge is 0.266 e. The molecule has 3 rings (SSSR count). The van der Waals surface area contributed by atoms with Gasteiger partial charge in [0.25, 0.3) is 5.91 Å². The van der Waals surface area contributed by atoms with Gasteiger partial charge >= 0.3 is 0 Å². The van der Waals surface area contributed by atoms with Crippen molar-refractivity contribution in [2.75, 3.05) is 5.32 Å². The van der Waals surface area contributed by atoms with Gasteiger partial charge in [-0.3, -0.25) is 9.89 Å². The third-order valence-corrected chi connectivity index (χ3v) is 3.53. The van der Waals surface area contributed by atoms with E-state index >= 15 is 0 Å². The lowest BCUT2D eigenvalue weighted by atomic mass is 10.2. The van der Waals surface area contributed by atoms with Gasteiger partial charge in [-0.2, -0.15) is 10.4 Å². The number of nitriles is 1. The summed E-state index contributed by atoms with van der Waals surface area (Å²) in [5.74, 6) is 1.35. The zero-order valence-corrected chi connectivity index (χ0v) is 12.2. The summed E-state index contributed by atoms with van der Waals surface area (Å²) >= 11 is 0. The van der Waals surface area contributed by atoms with E-state index in [1.807, 2.05) is 12.1 Å². The van der Waals surface area contributed by atoms with Crippen LogP contribution in [0.25, 0.3) is 0 Å². The lowest BCUT2D eigenvalue weighted by Gasteiger charge is -2.13. The van der Waals surface area contributed by atoms with Gasteiger partial charge in [0.15, 0.2) is 11.9 Å². The minimum atomic E-state index is -0.658. The molecule has 1 aromatic heterocycles. The van der Waals surface area contributed by atoms with Crippen molar-refractivity contribution >= 4 is 11.7 Å². The molecule has 1 heterocycles. The van der Waals surface area contributed by atoms with Gasteiger partial charge in [0.05, 0.1) is 11.6 Å². The highest BCUT2D eigenvalue weighted by Crippen LogP contribution is 2.39. The fourth-order valence-electron chi connectivity index (χ4n) is 2.10. The number of carbonyl (C=O) groups is 1. The van der Waals surface area contributed by atoms with Crippen molar-refractivity contribution in [1.82, 2.24) is 10.2 Å². The number of hydrogen-bond donors (Lipinski definition) is 2. The predicted octanol–water partition coefficient (Wildman–Crippen LogP) is 2.56. The van der Waals surface area contributed by atoms with Crippen LogP contribution in [0, 0.1) is 11.3 Å². The fraction of sp³-hybridized carbons (Fsp3) is 0.312. The van der Waals surface area contributed by atoms with Gasteiger partial charge in [-0.05, 0) is 44.0 Å². The van der Waals surface area contributed by atoms with Crippen LogP contribution in [-0.4, -0.2) is 22.2 Å². The summed E-state index contributed by atoms with van der Waals surface area (Å²) in [6, 6.07) is 10.5. The zero-order valence-electron chi connectivity index (χ0n) is 12.2. The summed E-state index contributed by atoms with van der Waals surface area (Å²) in [6.45, 7) is 1.67. The lowest BCUT2D eigenvalue weighted by molar-refractivity contribution is -0.122. The quantitative estimate of drug-likeness (QED) is 0.887. The number of hydrogen-bond acceptors (Lipinski definition) is 4. The highest BCUT2D eigenvalue weighted by atomic mass is 16.5. The first-order valence-corrected chi connectivity index (χ1v) is 7.18. The molecular weight excluding hydrogens is 280 g/mol. The average Bonchev–Trinajstić information content (AvgIpc) is 3.28. The standard InChI is InChI=1S/C16H16N4O2/c1-10(22-13-6-2-11(9-17)3-7-13)16(21)18-15-8-14(19-20-15)12-4-5-12/h2-3,6-8,10,12H,4-5H2,1H3,(H2,18,19,20,21)/t10-/m0/s1. The van der Waals surface area contributed by atoms with Crippen molar-refractivity contribution in [2.24, 2.45) is 0 Å². The second-order valence-electron chi connectivity index (χ2n) is 5.37. The molecule has 6 nitrogen and oxygen atoms in total. The molecule has 0 bridgehead atoms. The van der Waals surface area contributed by atoms with Crippen molar-refractivity contribution < 1.29 is 9.53 Å². The number of carbonyl (C=O) groups excluding carboxylic acids is 1. The van der Waals surface area contributed by atoms with E-state index in [1.165, 1.54) is 12.8 Å². The van der Waals surface area contributed by atoms with E-state index in [-0.39, 0.29) is 5.91 Å². The zero-order chi connectivity index (χ0) is 15.5. The van der Waals surface area contributed by atoms with Crippen LogP contribution in [0.1, 0.15) is 36.9 Å². The molecule has 1 saturated carbocycles. The van der Waals surface area contributed by atoms with E-state index in [9.17, 15) is 4.79 Å². The molecule has 112 valence electrons. The minimum absolute atomic E-state index is 0.266. The molecule has 2 N–H and O–H groups in total. The number of nitrogens with one attached hydrogen (secondary N) is 2. The normalized spacial score (nSPS) is 14.9. The molecule has 6 heteroatoms. The molecule has 1 aromatic carbocycles. The van der Waals surface area contributed by atoms with E-state index in [0.717, 1.165) is 5.69 Å². The molecule has 22 heavy (non-hydrogen) atoms. The fourth-order valence-corrected chi connectivity index (χ4v) is 2.10. The number of anilines is 1. The van der Waals surface area contributed by atoms with E-state index in [1.54, 1.807) is 31.2 Å². The van der Waals surface area contributed by atoms with Gasteiger partial charge in [-0.15, -0.1) is 0 Å². The van der Waals surface area contributed by atoms with Crippen molar-refractivity contribution in [3.8, 4) is 11.8 Å². The number of benzene rings is 1. The number of nitrogens with zero attached hydrogens (tertiary/aromatic N) is 2. The first kappa shape index (κ1) is 14.1. The average molecular weight is 296 g/mol. The maximum Gasteiger partial charge on any atom is 0.266 e. The lowest BCUT2D eigenvalue weighted by Crippen LogP contribution is -2.30. The largest absolute Gasteiger partial charge is 0.481 e. The summed E-state index contributed by atoms with van der Waals surface area (Å²) in [5, 5.41) is 18.5. The Bertz CT molecular complexity index is 710. The van der Waals surface area contributed by atoms with E-state index in [4.69, 9.17) is 10.00 Å². The van der Waals surface area contributed by atoms with Crippen LogP contribution in [0.4, 0.5) is 5.82 Å². The molecule has 1 atom stereocenters. The highest BCUT2D eigenvalue weighted by molar-refractivity contribution is 5.93. The Balaban J connectivity index is 1.57.